The van der Waals surface area contributed by atoms with Crippen molar-refractivity contribution in [1.29, 1.82) is 0 Å². The molecule has 0 aliphatic heterocycles. The molecular weight excluding hydrogens is 370 g/mol. The predicted octanol–water partition coefficient (Wildman–Crippen LogP) is 4.09. The van der Waals surface area contributed by atoms with Gasteiger partial charge in [0.1, 0.15) is 0 Å². The number of hydrogen-bond donors (Lipinski definition) is 2. The predicted molar refractivity (Wildman–Crippen MR) is 106 cm³/mol. The summed E-state index contributed by atoms with van der Waals surface area (Å²) in [6, 6.07) is 6.98. The normalized spacial score (nSPS) is 15.1. The summed E-state index contributed by atoms with van der Waals surface area (Å²) < 4.78 is 24.9. The van der Waals surface area contributed by atoms with E-state index in [-0.39, 0.29) is 5.91 Å². The molecule has 1 amide bonds. The Morgan fingerprint density at radius 2 is 1.92 bits per heavy atom. The van der Waals surface area contributed by atoms with Crippen molar-refractivity contribution in [3.63, 3.8) is 0 Å². The van der Waals surface area contributed by atoms with Crippen LogP contribution in [0.5, 0.6) is 0 Å². The fraction of sp³-hybridized carbons (Fsp3) is 0.444. The number of carbonyl (C=O) groups is 1. The van der Waals surface area contributed by atoms with E-state index in [2.05, 4.69) is 15.0 Å². The molecule has 3 rings (SSSR count). The molecule has 6 nitrogen and oxygen atoms in total. The topological polar surface area (TPSA) is 88.2 Å². The second-order valence-corrected chi connectivity index (χ2v) is 9.33. The molecule has 1 heterocycles. The number of thiazole rings is 1. The zero-order valence-electron chi connectivity index (χ0n) is 14.7. The van der Waals surface area contributed by atoms with Crippen LogP contribution >= 0.6 is 11.3 Å². The first-order chi connectivity index (χ1) is 12.4. The molecule has 1 saturated carbocycles. The van der Waals surface area contributed by atoms with E-state index in [9.17, 15) is 13.2 Å². The molecule has 0 radical (unpaired) electrons. The summed E-state index contributed by atoms with van der Waals surface area (Å²) in [7, 11) is -3.29. The number of nitrogens with one attached hydrogen (secondary N) is 2. The van der Waals surface area contributed by atoms with Crippen LogP contribution in [0.25, 0.3) is 11.3 Å². The molecule has 1 aromatic carbocycles. The molecule has 0 unspecified atom stereocenters. The molecule has 0 spiro atoms. The van der Waals surface area contributed by atoms with Gasteiger partial charge in [-0.1, -0.05) is 37.8 Å². The van der Waals surface area contributed by atoms with Gasteiger partial charge >= 0.3 is 0 Å². The molecule has 1 aromatic heterocycles. The van der Waals surface area contributed by atoms with Crippen molar-refractivity contribution in [1.82, 2.24) is 4.98 Å². The highest BCUT2D eigenvalue weighted by Crippen LogP contribution is 2.29. The molecule has 8 heteroatoms. The second-order valence-electron chi connectivity index (χ2n) is 6.73. The summed E-state index contributed by atoms with van der Waals surface area (Å²) in [5.41, 5.74) is 2.13. The number of benzene rings is 1. The van der Waals surface area contributed by atoms with Crippen LogP contribution < -0.4 is 10.0 Å². The van der Waals surface area contributed by atoms with Crippen molar-refractivity contribution in [2.45, 2.75) is 38.5 Å². The number of rotatable bonds is 7. The number of anilines is 2. The maximum Gasteiger partial charge on any atom is 0.229 e. The van der Waals surface area contributed by atoms with Gasteiger partial charge in [-0.25, -0.2) is 13.4 Å². The van der Waals surface area contributed by atoms with Crippen molar-refractivity contribution in [2.75, 3.05) is 16.3 Å². The Hall–Kier alpha value is -1.93. The monoisotopic (exact) mass is 393 g/mol. The van der Waals surface area contributed by atoms with E-state index in [1.165, 1.54) is 37.0 Å². The van der Waals surface area contributed by atoms with Crippen LogP contribution in [0.4, 0.5) is 10.8 Å². The number of carbonyl (C=O) groups excluding carboxylic acids is 1. The highest BCUT2D eigenvalue weighted by atomic mass is 32.2. The highest BCUT2D eigenvalue weighted by Gasteiger charge is 2.16. The van der Waals surface area contributed by atoms with Gasteiger partial charge in [0.25, 0.3) is 0 Å². The van der Waals surface area contributed by atoms with Gasteiger partial charge in [-0.15, -0.1) is 11.3 Å². The van der Waals surface area contributed by atoms with E-state index in [4.69, 9.17) is 0 Å². The summed E-state index contributed by atoms with van der Waals surface area (Å²) in [6.45, 7) is 0. The maximum atomic E-state index is 12.1. The Morgan fingerprint density at radius 1 is 1.23 bits per heavy atom. The summed E-state index contributed by atoms with van der Waals surface area (Å²) >= 11 is 1.39. The largest absolute Gasteiger partial charge is 0.302 e. The van der Waals surface area contributed by atoms with Gasteiger partial charge in [-0.2, -0.15) is 0 Å². The van der Waals surface area contributed by atoms with Gasteiger partial charge in [-0.3, -0.25) is 9.52 Å². The van der Waals surface area contributed by atoms with Crippen molar-refractivity contribution >= 4 is 38.1 Å². The van der Waals surface area contributed by atoms with Crippen LogP contribution in [0.15, 0.2) is 29.6 Å². The Labute approximate surface area is 158 Å². The van der Waals surface area contributed by atoms with Crippen LogP contribution in [0, 0.1) is 5.92 Å². The first-order valence-electron chi connectivity index (χ1n) is 8.73. The third-order valence-electron chi connectivity index (χ3n) is 4.49. The van der Waals surface area contributed by atoms with Crippen molar-refractivity contribution in [3.8, 4) is 11.3 Å². The first kappa shape index (κ1) is 18.8. The lowest BCUT2D eigenvalue weighted by Crippen LogP contribution is -2.12. The SMILES string of the molecule is CS(=O)(=O)Nc1ccc(-c2csc(NC(=O)CCC3CCCC3)n2)cc1. The molecule has 0 atom stereocenters. The Balaban J connectivity index is 1.56. The van der Waals surface area contributed by atoms with Gasteiger partial charge in [0, 0.05) is 23.1 Å². The maximum absolute atomic E-state index is 12.1. The third kappa shape index (κ3) is 5.54. The van der Waals surface area contributed by atoms with Gasteiger partial charge in [-0.05, 0) is 24.5 Å². The first-order valence-corrected chi connectivity index (χ1v) is 11.5. The lowest BCUT2D eigenvalue weighted by Gasteiger charge is -2.07. The Kier molecular flexibility index (Phi) is 5.93. The van der Waals surface area contributed by atoms with Crippen molar-refractivity contribution in [2.24, 2.45) is 5.92 Å². The second kappa shape index (κ2) is 8.18. The summed E-state index contributed by atoms with van der Waals surface area (Å²) in [4.78, 5) is 16.5. The van der Waals surface area contributed by atoms with E-state index in [1.54, 1.807) is 24.3 Å². The van der Waals surface area contributed by atoms with Crippen LogP contribution in [0.3, 0.4) is 0 Å². The number of hydrogen-bond acceptors (Lipinski definition) is 5. The lowest BCUT2D eigenvalue weighted by molar-refractivity contribution is -0.116. The minimum atomic E-state index is -3.29. The van der Waals surface area contributed by atoms with Gasteiger partial charge in [0.2, 0.25) is 15.9 Å². The molecule has 1 aliphatic rings. The number of sulfonamides is 1. The van der Waals surface area contributed by atoms with E-state index in [0.717, 1.165) is 23.9 Å². The molecule has 1 aliphatic carbocycles. The van der Waals surface area contributed by atoms with E-state index >= 15 is 0 Å². The fourth-order valence-corrected chi connectivity index (χ4v) is 4.50. The molecule has 0 saturated heterocycles. The summed E-state index contributed by atoms with van der Waals surface area (Å²) in [6.07, 6.45) is 7.70. The van der Waals surface area contributed by atoms with Crippen molar-refractivity contribution < 1.29 is 13.2 Å². The molecule has 1 fully saturated rings. The Morgan fingerprint density at radius 3 is 2.58 bits per heavy atom. The fourth-order valence-electron chi connectivity index (χ4n) is 3.20. The van der Waals surface area contributed by atoms with Crippen LogP contribution in [0.1, 0.15) is 38.5 Å². The van der Waals surface area contributed by atoms with E-state index in [0.29, 0.717) is 23.2 Å². The average Bonchev–Trinajstić information content (AvgIpc) is 3.24. The molecule has 2 N–H and O–H groups in total. The molecule has 26 heavy (non-hydrogen) atoms. The molecule has 0 bridgehead atoms. The van der Waals surface area contributed by atoms with E-state index < -0.39 is 10.0 Å². The smallest absolute Gasteiger partial charge is 0.229 e. The molecular formula is C18H23N3O3S2. The third-order valence-corrected chi connectivity index (χ3v) is 5.85. The standard InChI is InChI=1S/C18H23N3O3S2/c1-26(23,24)21-15-9-7-14(8-10-15)16-12-25-18(19-16)20-17(22)11-6-13-4-2-3-5-13/h7-10,12-13,21H,2-6,11H2,1H3,(H,19,20,22). The zero-order chi connectivity index (χ0) is 18.6. The number of amides is 1. The average molecular weight is 394 g/mol. The van der Waals surface area contributed by atoms with Crippen LogP contribution in [-0.2, 0) is 14.8 Å². The van der Waals surface area contributed by atoms with Crippen LogP contribution in [-0.4, -0.2) is 25.6 Å². The lowest BCUT2D eigenvalue weighted by atomic mass is 10.0. The molecule has 2 aromatic rings. The molecule has 140 valence electrons. The van der Waals surface area contributed by atoms with Crippen molar-refractivity contribution in [3.05, 3.63) is 29.6 Å². The summed E-state index contributed by atoms with van der Waals surface area (Å²) in [5, 5.41) is 5.35. The minimum Gasteiger partial charge on any atom is -0.302 e. The van der Waals surface area contributed by atoms with Gasteiger partial charge in [0.05, 0.1) is 11.9 Å². The zero-order valence-corrected chi connectivity index (χ0v) is 16.3. The number of aromatic nitrogens is 1. The van der Waals surface area contributed by atoms with Gasteiger partial charge in [0.15, 0.2) is 5.13 Å². The van der Waals surface area contributed by atoms with Gasteiger partial charge < -0.3 is 5.32 Å². The quantitative estimate of drug-likeness (QED) is 0.741. The van der Waals surface area contributed by atoms with E-state index in [1.807, 2.05) is 5.38 Å². The highest BCUT2D eigenvalue weighted by molar-refractivity contribution is 7.92. The summed E-state index contributed by atoms with van der Waals surface area (Å²) in [5.74, 6) is 0.720. The Bertz CT molecular complexity index is 854. The van der Waals surface area contributed by atoms with Crippen LogP contribution in [0.2, 0.25) is 0 Å². The minimum absolute atomic E-state index is 0.0190. The number of nitrogens with zero attached hydrogens (tertiary/aromatic N) is 1.